The van der Waals surface area contributed by atoms with Gasteiger partial charge in [0.15, 0.2) is 5.82 Å². The summed E-state index contributed by atoms with van der Waals surface area (Å²) in [6.07, 6.45) is 0.764. The molecule has 1 fully saturated rings. The van der Waals surface area contributed by atoms with E-state index in [4.69, 9.17) is 4.52 Å². The van der Waals surface area contributed by atoms with E-state index in [1.165, 1.54) is 5.69 Å². The molecule has 1 saturated heterocycles. The Labute approximate surface area is 143 Å². The van der Waals surface area contributed by atoms with Crippen molar-refractivity contribution in [3.63, 3.8) is 0 Å². The molecule has 6 nitrogen and oxygen atoms in total. The summed E-state index contributed by atoms with van der Waals surface area (Å²) in [5.74, 6) is 1.34. The quantitative estimate of drug-likeness (QED) is 0.875. The fraction of sp³-hybridized carbons (Fsp3) is 0.556. The van der Waals surface area contributed by atoms with Crippen molar-refractivity contribution >= 4 is 5.69 Å². The van der Waals surface area contributed by atoms with Gasteiger partial charge in [0.2, 0.25) is 0 Å². The maximum atomic E-state index is 5.40. The summed E-state index contributed by atoms with van der Waals surface area (Å²) in [7, 11) is 1.94. The molecule has 1 N–H and O–H groups in total. The van der Waals surface area contributed by atoms with Gasteiger partial charge in [-0.1, -0.05) is 12.1 Å². The predicted molar refractivity (Wildman–Crippen MR) is 96.3 cm³/mol. The number of piperazine rings is 1. The van der Waals surface area contributed by atoms with E-state index in [2.05, 4.69) is 63.4 Å². The Bertz CT molecular complexity index is 631. The number of nitrogens with zero attached hydrogens (tertiary/aromatic N) is 4. The minimum absolute atomic E-state index is 0.333. The Morgan fingerprint density at radius 3 is 2.50 bits per heavy atom. The van der Waals surface area contributed by atoms with E-state index in [9.17, 15) is 0 Å². The summed E-state index contributed by atoms with van der Waals surface area (Å²) in [6.45, 7) is 9.89. The first-order valence-corrected chi connectivity index (χ1v) is 8.77. The van der Waals surface area contributed by atoms with E-state index < -0.39 is 0 Å². The second kappa shape index (κ2) is 7.77. The number of nitrogens with one attached hydrogen (secondary N) is 1. The summed E-state index contributed by atoms with van der Waals surface area (Å²) < 4.78 is 5.40. The Balaban J connectivity index is 1.64. The highest BCUT2D eigenvalue weighted by Crippen LogP contribution is 2.23. The second-order valence-corrected chi connectivity index (χ2v) is 6.38. The van der Waals surface area contributed by atoms with Gasteiger partial charge < -0.3 is 19.6 Å². The fourth-order valence-electron chi connectivity index (χ4n) is 2.97. The van der Waals surface area contributed by atoms with E-state index in [1.54, 1.807) is 0 Å². The summed E-state index contributed by atoms with van der Waals surface area (Å²) >= 11 is 0. The lowest BCUT2D eigenvalue weighted by molar-refractivity contribution is 0.271. The molecule has 2 aromatic rings. The number of rotatable bonds is 6. The van der Waals surface area contributed by atoms with Crippen LogP contribution in [-0.2, 0) is 6.42 Å². The average molecular weight is 329 g/mol. The Morgan fingerprint density at radius 2 is 1.88 bits per heavy atom. The number of hydrogen-bond acceptors (Lipinski definition) is 6. The molecule has 130 valence electrons. The van der Waals surface area contributed by atoms with Crippen LogP contribution < -0.4 is 10.2 Å². The lowest BCUT2D eigenvalue weighted by atomic mass is 10.1. The van der Waals surface area contributed by atoms with E-state index in [0.29, 0.717) is 11.9 Å². The third kappa shape index (κ3) is 3.94. The van der Waals surface area contributed by atoms with Crippen molar-refractivity contribution in [2.24, 2.45) is 0 Å². The molecule has 6 heteroatoms. The standard InChI is InChI=1S/C18H27N5O/c1-4-22-9-11-23(12-10-22)16-7-5-15(6-8-16)18-20-17(21-24-18)13-14(2)19-3/h5-8,14,19H,4,9-13H2,1-3H3. The van der Waals surface area contributed by atoms with Gasteiger partial charge in [0.25, 0.3) is 5.89 Å². The second-order valence-electron chi connectivity index (χ2n) is 6.38. The van der Waals surface area contributed by atoms with Crippen LogP contribution in [0.1, 0.15) is 19.7 Å². The van der Waals surface area contributed by atoms with E-state index in [0.717, 1.165) is 50.5 Å². The van der Waals surface area contributed by atoms with Crippen molar-refractivity contribution in [1.82, 2.24) is 20.4 Å². The molecular weight excluding hydrogens is 302 g/mol. The Morgan fingerprint density at radius 1 is 1.17 bits per heavy atom. The van der Waals surface area contributed by atoms with Crippen LogP contribution in [0.25, 0.3) is 11.5 Å². The van der Waals surface area contributed by atoms with Crippen LogP contribution >= 0.6 is 0 Å². The summed E-state index contributed by atoms with van der Waals surface area (Å²) in [6, 6.07) is 8.77. The van der Waals surface area contributed by atoms with E-state index in [1.807, 2.05) is 7.05 Å². The number of hydrogen-bond donors (Lipinski definition) is 1. The highest BCUT2D eigenvalue weighted by atomic mass is 16.5. The first-order valence-electron chi connectivity index (χ1n) is 8.77. The molecule has 0 amide bonds. The van der Waals surface area contributed by atoms with Crippen molar-refractivity contribution in [2.45, 2.75) is 26.3 Å². The first kappa shape index (κ1) is 16.9. The van der Waals surface area contributed by atoms with Gasteiger partial charge in [-0.15, -0.1) is 0 Å². The lowest BCUT2D eigenvalue weighted by Gasteiger charge is -2.35. The molecule has 1 unspecified atom stereocenters. The Hall–Kier alpha value is -1.92. The van der Waals surface area contributed by atoms with Crippen LogP contribution in [0.2, 0.25) is 0 Å². The molecule has 2 heterocycles. The van der Waals surface area contributed by atoms with Crippen LogP contribution in [-0.4, -0.2) is 60.9 Å². The van der Waals surface area contributed by atoms with Gasteiger partial charge in [-0.3, -0.25) is 0 Å². The lowest BCUT2D eigenvalue weighted by Crippen LogP contribution is -2.46. The first-order chi connectivity index (χ1) is 11.7. The van der Waals surface area contributed by atoms with Crippen molar-refractivity contribution in [3.05, 3.63) is 30.1 Å². The van der Waals surface area contributed by atoms with Crippen molar-refractivity contribution in [2.75, 3.05) is 44.7 Å². The molecule has 0 saturated carbocycles. The summed E-state index contributed by atoms with van der Waals surface area (Å²) in [5, 5.41) is 7.25. The number of aromatic nitrogens is 2. The van der Waals surface area contributed by atoms with Crippen LogP contribution in [0, 0.1) is 0 Å². The highest BCUT2D eigenvalue weighted by Gasteiger charge is 2.16. The SMILES string of the molecule is CCN1CCN(c2ccc(-c3nc(CC(C)NC)no3)cc2)CC1. The van der Waals surface area contributed by atoms with Gasteiger partial charge >= 0.3 is 0 Å². The normalized spacial score (nSPS) is 17.2. The van der Waals surface area contributed by atoms with Crippen molar-refractivity contribution in [1.29, 1.82) is 0 Å². The van der Waals surface area contributed by atoms with Crippen LogP contribution in [0.4, 0.5) is 5.69 Å². The topological polar surface area (TPSA) is 57.4 Å². The number of benzene rings is 1. The monoisotopic (exact) mass is 329 g/mol. The third-order valence-electron chi connectivity index (χ3n) is 4.75. The zero-order valence-electron chi connectivity index (χ0n) is 14.8. The number of anilines is 1. The zero-order valence-corrected chi connectivity index (χ0v) is 14.8. The van der Waals surface area contributed by atoms with Gasteiger partial charge in [0, 0.05) is 49.9 Å². The van der Waals surface area contributed by atoms with Crippen LogP contribution in [0.15, 0.2) is 28.8 Å². The molecule has 1 aliphatic rings. The zero-order chi connectivity index (χ0) is 16.9. The maximum absolute atomic E-state index is 5.40. The highest BCUT2D eigenvalue weighted by molar-refractivity contribution is 5.59. The molecule has 24 heavy (non-hydrogen) atoms. The van der Waals surface area contributed by atoms with Gasteiger partial charge in [-0.25, -0.2) is 0 Å². The summed E-state index contributed by atoms with van der Waals surface area (Å²) in [4.78, 5) is 9.41. The molecule has 1 aromatic heterocycles. The minimum atomic E-state index is 0.333. The van der Waals surface area contributed by atoms with Crippen LogP contribution in [0.5, 0.6) is 0 Å². The molecule has 0 radical (unpaired) electrons. The van der Waals surface area contributed by atoms with Crippen molar-refractivity contribution in [3.8, 4) is 11.5 Å². The fourth-order valence-corrected chi connectivity index (χ4v) is 2.97. The molecule has 0 spiro atoms. The third-order valence-corrected chi connectivity index (χ3v) is 4.75. The van der Waals surface area contributed by atoms with Gasteiger partial charge in [-0.2, -0.15) is 4.98 Å². The molecule has 1 aromatic carbocycles. The Kier molecular flexibility index (Phi) is 5.48. The maximum Gasteiger partial charge on any atom is 0.257 e. The van der Waals surface area contributed by atoms with Gasteiger partial charge in [-0.05, 0) is 44.8 Å². The smallest absolute Gasteiger partial charge is 0.257 e. The minimum Gasteiger partial charge on any atom is -0.369 e. The molecule has 0 aliphatic carbocycles. The predicted octanol–water partition coefficient (Wildman–Crippen LogP) is 2.03. The largest absolute Gasteiger partial charge is 0.369 e. The molecule has 1 atom stereocenters. The van der Waals surface area contributed by atoms with Gasteiger partial charge in [0.1, 0.15) is 0 Å². The molecule has 0 bridgehead atoms. The van der Waals surface area contributed by atoms with E-state index >= 15 is 0 Å². The molecular formula is C18H27N5O. The average Bonchev–Trinajstić information content (AvgIpc) is 3.10. The molecule has 1 aliphatic heterocycles. The molecule has 3 rings (SSSR count). The van der Waals surface area contributed by atoms with E-state index in [-0.39, 0.29) is 0 Å². The van der Waals surface area contributed by atoms with Crippen LogP contribution in [0.3, 0.4) is 0 Å². The van der Waals surface area contributed by atoms with Crippen molar-refractivity contribution < 1.29 is 4.52 Å². The number of likely N-dealkylation sites (N-methyl/N-ethyl adjacent to an activating group) is 2. The van der Waals surface area contributed by atoms with Gasteiger partial charge in [0.05, 0.1) is 0 Å². The summed E-state index contributed by atoms with van der Waals surface area (Å²) in [5.41, 5.74) is 2.24.